The molecule has 0 aromatic heterocycles. The van der Waals surface area contributed by atoms with E-state index in [-0.39, 0.29) is 22.2 Å². The second kappa shape index (κ2) is 6.14. The first-order valence-electron chi connectivity index (χ1n) is 10.9. The van der Waals surface area contributed by atoms with Gasteiger partial charge < -0.3 is 5.32 Å². The van der Waals surface area contributed by atoms with E-state index in [2.05, 4.69) is 42.6 Å². The van der Waals surface area contributed by atoms with Crippen molar-refractivity contribution in [3.63, 3.8) is 0 Å². The lowest BCUT2D eigenvalue weighted by Crippen LogP contribution is -2.60. The molecule has 146 valence electrons. The minimum atomic E-state index is -0.865. The maximum Gasteiger partial charge on any atom is 0.139 e. The average Bonchev–Trinajstić information content (AvgIpc) is 2.62. The number of carbonyl (C=O) groups excluding carboxylic acids is 1. The first-order valence-corrected chi connectivity index (χ1v) is 10.9. The molecule has 2 unspecified atom stereocenters. The molecule has 0 spiro atoms. The molecule has 1 saturated heterocycles. The Hall–Kier alpha value is -1.22. The third-order valence-corrected chi connectivity index (χ3v) is 8.32. The maximum atomic E-state index is 14.4. The zero-order valence-electron chi connectivity index (χ0n) is 16.5. The number of hydrogen-bond acceptors (Lipinski definition) is 2. The van der Waals surface area contributed by atoms with E-state index in [9.17, 15) is 9.18 Å². The van der Waals surface area contributed by atoms with E-state index in [1.165, 1.54) is 24.8 Å². The van der Waals surface area contributed by atoms with Crippen LogP contribution < -0.4 is 5.32 Å². The van der Waals surface area contributed by atoms with Gasteiger partial charge in [0.15, 0.2) is 0 Å². The predicted molar refractivity (Wildman–Crippen MR) is 105 cm³/mol. The Morgan fingerprint density at radius 1 is 1.15 bits per heavy atom. The van der Waals surface area contributed by atoms with Crippen LogP contribution >= 0.6 is 0 Å². The standard InChI is InChI=1S/C24H32FNO/c1-22-10-17-11-23(14-22,19-5-3-2-4-6-19)16-24(12-17,15-22)21(27)9-18-7-8-26-13-20(18)25/h2-6,17-18,20,26H,7-16H2,1H3/t17?,18-,20+,22-,23-,24?/m1/s1. The molecule has 2 nitrogen and oxygen atoms in total. The van der Waals surface area contributed by atoms with Crippen molar-refractivity contribution in [3.8, 4) is 0 Å². The van der Waals surface area contributed by atoms with Crippen LogP contribution in [-0.2, 0) is 10.2 Å². The van der Waals surface area contributed by atoms with Crippen LogP contribution in [0.15, 0.2) is 30.3 Å². The zero-order chi connectivity index (χ0) is 18.7. The Morgan fingerprint density at radius 3 is 2.70 bits per heavy atom. The Kier molecular flexibility index (Phi) is 4.06. The molecule has 1 aliphatic heterocycles. The highest BCUT2D eigenvalue weighted by molar-refractivity contribution is 5.86. The van der Waals surface area contributed by atoms with Gasteiger partial charge >= 0.3 is 0 Å². The van der Waals surface area contributed by atoms with Crippen molar-refractivity contribution < 1.29 is 9.18 Å². The first kappa shape index (κ1) is 17.8. The van der Waals surface area contributed by atoms with E-state index < -0.39 is 6.17 Å². The fourth-order valence-electron chi connectivity index (χ4n) is 7.90. The van der Waals surface area contributed by atoms with Gasteiger partial charge in [0, 0.05) is 18.4 Å². The van der Waals surface area contributed by atoms with Crippen LogP contribution in [0.4, 0.5) is 4.39 Å². The molecule has 1 aromatic carbocycles. The fraction of sp³-hybridized carbons (Fsp3) is 0.708. The van der Waals surface area contributed by atoms with Crippen molar-refractivity contribution in [2.24, 2.45) is 22.7 Å². The summed E-state index contributed by atoms with van der Waals surface area (Å²) in [5, 5.41) is 3.12. The molecule has 4 bridgehead atoms. The Balaban J connectivity index is 1.46. The van der Waals surface area contributed by atoms with Gasteiger partial charge in [-0.3, -0.25) is 4.79 Å². The first-order chi connectivity index (χ1) is 12.9. The summed E-state index contributed by atoms with van der Waals surface area (Å²) < 4.78 is 14.4. The second-order valence-corrected chi connectivity index (χ2v) is 10.6. The summed E-state index contributed by atoms with van der Waals surface area (Å²) in [6, 6.07) is 10.9. The van der Waals surface area contributed by atoms with Gasteiger partial charge in [-0.15, -0.1) is 0 Å². The van der Waals surface area contributed by atoms with Crippen LogP contribution in [0.1, 0.15) is 63.9 Å². The highest BCUT2D eigenvalue weighted by Gasteiger charge is 2.64. The van der Waals surface area contributed by atoms with Gasteiger partial charge in [0.25, 0.3) is 0 Å². The molecular formula is C24H32FNO. The molecule has 4 saturated carbocycles. The number of Topliss-reactive ketones (excluding diaryl/α,β-unsaturated/α-hetero) is 1. The zero-order valence-corrected chi connectivity index (χ0v) is 16.5. The van der Waals surface area contributed by atoms with Crippen LogP contribution in [0.5, 0.6) is 0 Å². The number of ketones is 1. The lowest BCUT2D eigenvalue weighted by Gasteiger charge is -2.66. The third kappa shape index (κ3) is 2.88. The number of carbonyl (C=O) groups is 1. The molecule has 5 aliphatic rings. The quantitative estimate of drug-likeness (QED) is 0.824. The van der Waals surface area contributed by atoms with E-state index in [1.54, 1.807) is 0 Å². The van der Waals surface area contributed by atoms with Gasteiger partial charge in [-0.05, 0) is 79.7 Å². The monoisotopic (exact) mass is 369 g/mol. The number of benzene rings is 1. The van der Waals surface area contributed by atoms with Crippen molar-refractivity contribution in [2.45, 2.75) is 69.9 Å². The van der Waals surface area contributed by atoms with Crippen LogP contribution in [0.3, 0.4) is 0 Å². The van der Waals surface area contributed by atoms with Gasteiger partial charge in [0.2, 0.25) is 0 Å². The van der Waals surface area contributed by atoms with Crippen LogP contribution in [0.25, 0.3) is 0 Å². The molecule has 4 aliphatic carbocycles. The van der Waals surface area contributed by atoms with E-state index in [0.717, 1.165) is 32.2 Å². The molecule has 5 fully saturated rings. The molecule has 0 amide bonds. The highest BCUT2D eigenvalue weighted by Crippen LogP contribution is 2.70. The largest absolute Gasteiger partial charge is 0.314 e. The molecule has 27 heavy (non-hydrogen) atoms. The molecule has 1 aromatic rings. The molecule has 6 atom stereocenters. The van der Waals surface area contributed by atoms with Crippen molar-refractivity contribution >= 4 is 5.78 Å². The lowest BCUT2D eigenvalue weighted by atomic mass is 9.38. The van der Waals surface area contributed by atoms with Gasteiger partial charge in [-0.1, -0.05) is 37.3 Å². The molecule has 1 heterocycles. The van der Waals surface area contributed by atoms with E-state index in [1.807, 2.05) is 0 Å². The molecule has 1 N–H and O–H groups in total. The summed E-state index contributed by atoms with van der Waals surface area (Å²) in [5.74, 6) is 0.963. The minimum absolute atomic E-state index is 0.0766. The van der Waals surface area contributed by atoms with E-state index in [4.69, 9.17) is 0 Å². The van der Waals surface area contributed by atoms with Gasteiger partial charge in [-0.25, -0.2) is 4.39 Å². The van der Waals surface area contributed by atoms with Crippen LogP contribution in [-0.4, -0.2) is 25.0 Å². The van der Waals surface area contributed by atoms with Crippen molar-refractivity contribution in [1.82, 2.24) is 5.32 Å². The smallest absolute Gasteiger partial charge is 0.139 e. The third-order valence-electron chi connectivity index (χ3n) is 8.32. The van der Waals surface area contributed by atoms with Gasteiger partial charge in [0.05, 0.1) is 0 Å². The summed E-state index contributed by atoms with van der Waals surface area (Å²) in [6.45, 7) is 3.68. The summed E-state index contributed by atoms with van der Waals surface area (Å²) in [5.41, 5.74) is 1.67. The van der Waals surface area contributed by atoms with Crippen molar-refractivity contribution in [2.75, 3.05) is 13.1 Å². The molecule has 3 heteroatoms. The maximum absolute atomic E-state index is 14.4. The molecular weight excluding hydrogens is 337 g/mol. The van der Waals surface area contributed by atoms with Gasteiger partial charge in [-0.2, -0.15) is 0 Å². The lowest BCUT2D eigenvalue weighted by molar-refractivity contribution is -0.159. The van der Waals surface area contributed by atoms with Gasteiger partial charge in [0.1, 0.15) is 12.0 Å². The average molecular weight is 370 g/mol. The summed E-state index contributed by atoms with van der Waals surface area (Å²) in [6.07, 6.45) is 7.20. The summed E-state index contributed by atoms with van der Waals surface area (Å²) in [4.78, 5) is 13.6. The number of nitrogens with one attached hydrogen (secondary N) is 1. The highest BCUT2D eigenvalue weighted by atomic mass is 19.1. The Bertz CT molecular complexity index is 735. The summed E-state index contributed by atoms with van der Waals surface area (Å²) in [7, 11) is 0. The number of hydrogen-bond donors (Lipinski definition) is 1. The SMILES string of the molecule is C[C@]12CC3CC(C(=O)C[C@H]4CCNC[C@@H]4F)(C1)C[C@@](c1ccccc1)(C3)C2. The van der Waals surface area contributed by atoms with E-state index in [0.29, 0.717) is 24.7 Å². The van der Waals surface area contributed by atoms with Crippen molar-refractivity contribution in [3.05, 3.63) is 35.9 Å². The number of rotatable bonds is 4. The topological polar surface area (TPSA) is 29.1 Å². The number of piperidine rings is 1. The van der Waals surface area contributed by atoms with Crippen LogP contribution in [0.2, 0.25) is 0 Å². The van der Waals surface area contributed by atoms with Crippen molar-refractivity contribution in [1.29, 1.82) is 0 Å². The second-order valence-electron chi connectivity index (χ2n) is 10.6. The minimum Gasteiger partial charge on any atom is -0.314 e. The normalized spacial score (nSPS) is 45.8. The number of halogens is 1. The molecule has 6 rings (SSSR count). The summed E-state index contributed by atoms with van der Waals surface area (Å²) >= 11 is 0. The fourth-order valence-corrected chi connectivity index (χ4v) is 7.90. The predicted octanol–water partition coefficient (Wildman–Crippen LogP) is 4.82. The van der Waals surface area contributed by atoms with Crippen LogP contribution in [0, 0.1) is 22.7 Å². The Labute approximate surface area is 162 Å². The van der Waals surface area contributed by atoms with E-state index >= 15 is 0 Å². The molecule has 0 radical (unpaired) electrons. The number of alkyl halides is 1. The Morgan fingerprint density at radius 2 is 1.96 bits per heavy atom.